The van der Waals surface area contributed by atoms with Crippen molar-refractivity contribution < 1.29 is 14.3 Å². The van der Waals surface area contributed by atoms with Crippen molar-refractivity contribution >= 4 is 11.6 Å². The number of carbonyl (C=O) groups is 1. The first-order valence-corrected chi connectivity index (χ1v) is 8.13. The van der Waals surface area contributed by atoms with Gasteiger partial charge in [0.1, 0.15) is 5.75 Å². The van der Waals surface area contributed by atoms with Crippen molar-refractivity contribution in [2.45, 2.75) is 38.7 Å². The second kappa shape index (κ2) is 9.43. The van der Waals surface area contributed by atoms with Crippen molar-refractivity contribution in [2.75, 3.05) is 31.6 Å². The molecule has 122 valence electrons. The van der Waals surface area contributed by atoms with Gasteiger partial charge in [-0.25, -0.2) is 0 Å². The Balaban J connectivity index is 1.75. The number of rotatable bonds is 9. The Morgan fingerprint density at radius 3 is 3.05 bits per heavy atom. The molecule has 0 aromatic heterocycles. The van der Waals surface area contributed by atoms with E-state index < -0.39 is 0 Å². The van der Waals surface area contributed by atoms with Gasteiger partial charge in [-0.1, -0.05) is 25.5 Å². The normalized spacial score (nSPS) is 17.4. The second-order valence-corrected chi connectivity index (χ2v) is 5.51. The van der Waals surface area contributed by atoms with Gasteiger partial charge < -0.3 is 20.1 Å². The fourth-order valence-electron chi connectivity index (χ4n) is 2.37. The molecule has 5 heteroatoms. The highest BCUT2D eigenvalue weighted by atomic mass is 16.5. The number of hydrogen-bond donors (Lipinski definition) is 2. The van der Waals surface area contributed by atoms with Gasteiger partial charge in [-0.3, -0.25) is 4.79 Å². The molecule has 2 rings (SSSR count). The molecule has 0 radical (unpaired) electrons. The minimum absolute atomic E-state index is 0.0652. The number of unbranched alkanes of at least 4 members (excludes halogenated alkanes) is 1. The van der Waals surface area contributed by atoms with E-state index in [0.29, 0.717) is 6.61 Å². The first-order chi connectivity index (χ1) is 10.8. The molecule has 1 unspecified atom stereocenters. The van der Waals surface area contributed by atoms with Gasteiger partial charge in [-0.15, -0.1) is 0 Å². The van der Waals surface area contributed by atoms with Crippen LogP contribution in [0, 0.1) is 0 Å². The van der Waals surface area contributed by atoms with E-state index in [9.17, 15) is 4.79 Å². The van der Waals surface area contributed by atoms with Crippen molar-refractivity contribution in [1.29, 1.82) is 0 Å². The zero-order valence-electron chi connectivity index (χ0n) is 13.3. The number of amides is 1. The van der Waals surface area contributed by atoms with Crippen LogP contribution in [0.2, 0.25) is 0 Å². The number of benzene rings is 1. The minimum atomic E-state index is -0.0652. The summed E-state index contributed by atoms with van der Waals surface area (Å²) in [4.78, 5) is 12.0. The Morgan fingerprint density at radius 1 is 1.41 bits per heavy atom. The SMILES string of the molecule is CCCCOc1ccccc1NC(=O)CNCC1CCCO1. The van der Waals surface area contributed by atoms with E-state index >= 15 is 0 Å². The number of hydrogen-bond acceptors (Lipinski definition) is 4. The van der Waals surface area contributed by atoms with Gasteiger partial charge in [0.05, 0.1) is 24.9 Å². The fraction of sp³-hybridized carbons (Fsp3) is 0.588. The molecule has 1 heterocycles. The largest absolute Gasteiger partial charge is 0.491 e. The van der Waals surface area contributed by atoms with Crippen LogP contribution in [0.1, 0.15) is 32.6 Å². The molecule has 1 aromatic carbocycles. The van der Waals surface area contributed by atoms with Gasteiger partial charge in [0.15, 0.2) is 0 Å². The molecule has 5 nitrogen and oxygen atoms in total. The third-order valence-corrected chi connectivity index (χ3v) is 3.60. The van der Waals surface area contributed by atoms with Crippen molar-refractivity contribution in [3.8, 4) is 5.75 Å². The monoisotopic (exact) mass is 306 g/mol. The van der Waals surface area contributed by atoms with Crippen molar-refractivity contribution in [3.63, 3.8) is 0 Å². The van der Waals surface area contributed by atoms with Gasteiger partial charge >= 0.3 is 0 Å². The summed E-state index contributed by atoms with van der Waals surface area (Å²) < 4.78 is 11.2. The van der Waals surface area contributed by atoms with Crippen LogP contribution in [-0.4, -0.2) is 38.3 Å². The molecule has 1 amide bonds. The molecule has 0 bridgehead atoms. The number of anilines is 1. The van der Waals surface area contributed by atoms with E-state index in [2.05, 4.69) is 17.6 Å². The molecule has 22 heavy (non-hydrogen) atoms. The zero-order valence-corrected chi connectivity index (χ0v) is 13.3. The molecule has 2 N–H and O–H groups in total. The highest BCUT2D eigenvalue weighted by Gasteiger charge is 2.15. The quantitative estimate of drug-likeness (QED) is 0.688. The molecule has 1 aliphatic rings. The van der Waals surface area contributed by atoms with Crippen LogP contribution in [0.15, 0.2) is 24.3 Å². The lowest BCUT2D eigenvalue weighted by Crippen LogP contribution is -2.33. The first-order valence-electron chi connectivity index (χ1n) is 8.13. The minimum Gasteiger partial charge on any atom is -0.491 e. The number of para-hydroxylation sites is 2. The summed E-state index contributed by atoms with van der Waals surface area (Å²) in [6.07, 6.45) is 4.52. The summed E-state index contributed by atoms with van der Waals surface area (Å²) in [6.45, 7) is 4.63. The van der Waals surface area contributed by atoms with E-state index in [1.807, 2.05) is 24.3 Å². The highest BCUT2D eigenvalue weighted by molar-refractivity contribution is 5.93. The maximum Gasteiger partial charge on any atom is 0.238 e. The topological polar surface area (TPSA) is 59.6 Å². The average molecular weight is 306 g/mol. The lowest BCUT2D eigenvalue weighted by Gasteiger charge is -2.13. The molecule has 1 aliphatic heterocycles. The summed E-state index contributed by atoms with van der Waals surface area (Å²) in [5.74, 6) is 0.660. The predicted molar refractivity (Wildman–Crippen MR) is 87.3 cm³/mol. The third kappa shape index (κ3) is 5.66. The number of ether oxygens (including phenoxy) is 2. The summed E-state index contributed by atoms with van der Waals surface area (Å²) in [5, 5.41) is 6.04. The van der Waals surface area contributed by atoms with Crippen LogP contribution in [0.5, 0.6) is 5.75 Å². The maximum absolute atomic E-state index is 12.0. The van der Waals surface area contributed by atoms with Gasteiger partial charge in [-0.2, -0.15) is 0 Å². The Bertz CT molecular complexity index is 459. The molecule has 1 atom stereocenters. The van der Waals surface area contributed by atoms with Gasteiger partial charge in [0.2, 0.25) is 5.91 Å². The molecular formula is C17H26N2O3. The van der Waals surface area contributed by atoms with E-state index in [4.69, 9.17) is 9.47 Å². The Morgan fingerprint density at radius 2 is 2.27 bits per heavy atom. The first kappa shape index (κ1) is 16.8. The summed E-state index contributed by atoms with van der Waals surface area (Å²) in [5.41, 5.74) is 0.725. The Kier molecular flexibility index (Phi) is 7.19. The van der Waals surface area contributed by atoms with Crippen LogP contribution in [0.3, 0.4) is 0 Å². The van der Waals surface area contributed by atoms with Gasteiger partial charge in [0, 0.05) is 13.2 Å². The van der Waals surface area contributed by atoms with Crippen LogP contribution >= 0.6 is 0 Å². The van der Waals surface area contributed by atoms with Crippen molar-refractivity contribution in [2.24, 2.45) is 0 Å². The molecule has 0 spiro atoms. The van der Waals surface area contributed by atoms with Crippen molar-refractivity contribution in [1.82, 2.24) is 5.32 Å². The predicted octanol–water partition coefficient (Wildman–Crippen LogP) is 2.57. The fourth-order valence-corrected chi connectivity index (χ4v) is 2.37. The molecule has 1 fully saturated rings. The summed E-state index contributed by atoms with van der Waals surface area (Å²) in [6, 6.07) is 7.54. The van der Waals surface area contributed by atoms with E-state index in [0.717, 1.165) is 50.3 Å². The highest BCUT2D eigenvalue weighted by Crippen LogP contribution is 2.23. The third-order valence-electron chi connectivity index (χ3n) is 3.60. The van der Waals surface area contributed by atoms with Crippen molar-refractivity contribution in [3.05, 3.63) is 24.3 Å². The summed E-state index contributed by atoms with van der Waals surface area (Å²) >= 11 is 0. The molecule has 0 aliphatic carbocycles. The average Bonchev–Trinajstić information content (AvgIpc) is 3.02. The van der Waals surface area contributed by atoms with Gasteiger partial charge in [-0.05, 0) is 31.4 Å². The molecular weight excluding hydrogens is 280 g/mol. The van der Waals surface area contributed by atoms with Crippen LogP contribution in [0.25, 0.3) is 0 Å². The smallest absolute Gasteiger partial charge is 0.238 e. The maximum atomic E-state index is 12.0. The Hall–Kier alpha value is -1.59. The van der Waals surface area contributed by atoms with E-state index in [1.54, 1.807) is 0 Å². The van der Waals surface area contributed by atoms with E-state index in [-0.39, 0.29) is 18.6 Å². The Labute approximate surface area is 132 Å². The second-order valence-electron chi connectivity index (χ2n) is 5.51. The number of carbonyl (C=O) groups excluding carboxylic acids is 1. The van der Waals surface area contributed by atoms with Gasteiger partial charge in [0.25, 0.3) is 0 Å². The molecule has 0 saturated carbocycles. The van der Waals surface area contributed by atoms with Crippen LogP contribution in [0.4, 0.5) is 5.69 Å². The zero-order chi connectivity index (χ0) is 15.6. The lowest BCUT2D eigenvalue weighted by molar-refractivity contribution is -0.115. The van der Waals surface area contributed by atoms with Crippen LogP contribution in [-0.2, 0) is 9.53 Å². The lowest BCUT2D eigenvalue weighted by atomic mass is 10.2. The number of nitrogens with one attached hydrogen (secondary N) is 2. The molecule has 1 aromatic rings. The summed E-state index contributed by atoms with van der Waals surface area (Å²) in [7, 11) is 0. The standard InChI is InChI=1S/C17H26N2O3/c1-2-3-10-22-16-9-5-4-8-15(16)19-17(20)13-18-12-14-7-6-11-21-14/h4-5,8-9,14,18H,2-3,6-7,10-13H2,1H3,(H,19,20). The van der Waals surface area contributed by atoms with E-state index in [1.165, 1.54) is 0 Å². The molecule has 1 saturated heterocycles. The van der Waals surface area contributed by atoms with Crippen LogP contribution < -0.4 is 15.4 Å².